The van der Waals surface area contributed by atoms with Crippen molar-refractivity contribution in [2.24, 2.45) is 4.99 Å². The van der Waals surface area contributed by atoms with E-state index >= 15 is 0 Å². The lowest BCUT2D eigenvalue weighted by atomic mass is 9.96. The first-order valence-corrected chi connectivity index (χ1v) is 10.7. The summed E-state index contributed by atoms with van der Waals surface area (Å²) in [5.74, 6) is 1.86. The first kappa shape index (κ1) is 20.0. The summed E-state index contributed by atoms with van der Waals surface area (Å²) in [5, 5.41) is 6.99. The minimum Gasteiger partial charge on any atom is -0.468 e. The lowest BCUT2D eigenvalue weighted by Crippen LogP contribution is -2.47. The number of rotatable bonds is 8. The van der Waals surface area contributed by atoms with Crippen LogP contribution in [0.15, 0.2) is 52.1 Å². The van der Waals surface area contributed by atoms with Gasteiger partial charge in [0.25, 0.3) is 0 Å². The zero-order chi connectivity index (χ0) is 20.1. The Hall–Kier alpha value is -2.31. The van der Waals surface area contributed by atoms with Crippen LogP contribution >= 0.6 is 0 Å². The number of nitrogens with one attached hydrogen (secondary N) is 2. The van der Waals surface area contributed by atoms with Gasteiger partial charge in [-0.2, -0.15) is 0 Å². The van der Waals surface area contributed by atoms with E-state index in [9.17, 15) is 0 Å². The van der Waals surface area contributed by atoms with Crippen LogP contribution in [0.25, 0.3) is 0 Å². The van der Waals surface area contributed by atoms with Crippen molar-refractivity contribution in [2.75, 3.05) is 13.6 Å². The number of guanidine groups is 1. The van der Waals surface area contributed by atoms with Crippen LogP contribution in [-0.2, 0) is 24.4 Å². The standard InChI is InChI=1S/C23H32N4O2/c1-3-24-23(26-21-13-19-10-11-22(21)29-19)25-14-17-7-4-5-8-18(17)15-27(2)16-20-9-6-12-28-20/h4-9,12,19,21-22H,3,10-11,13-16H2,1-2H3,(H2,24,25,26). The number of hydrogen-bond donors (Lipinski definition) is 2. The molecule has 3 heterocycles. The maximum Gasteiger partial charge on any atom is 0.191 e. The van der Waals surface area contributed by atoms with Crippen LogP contribution in [0.1, 0.15) is 43.1 Å². The third-order valence-corrected chi connectivity index (χ3v) is 5.74. The van der Waals surface area contributed by atoms with Crippen molar-refractivity contribution < 1.29 is 9.15 Å². The molecule has 0 spiro atoms. The molecule has 2 aromatic rings. The molecule has 3 atom stereocenters. The van der Waals surface area contributed by atoms with Gasteiger partial charge in [0.05, 0.1) is 37.6 Å². The molecule has 2 saturated heterocycles. The zero-order valence-electron chi connectivity index (χ0n) is 17.4. The molecule has 2 aliphatic heterocycles. The summed E-state index contributed by atoms with van der Waals surface area (Å²) in [6.45, 7) is 5.25. The van der Waals surface area contributed by atoms with Crippen molar-refractivity contribution >= 4 is 5.96 Å². The number of hydrogen-bond acceptors (Lipinski definition) is 4. The summed E-state index contributed by atoms with van der Waals surface area (Å²) >= 11 is 0. The highest BCUT2D eigenvalue weighted by Gasteiger charge is 2.41. The quantitative estimate of drug-likeness (QED) is 0.530. The smallest absolute Gasteiger partial charge is 0.191 e. The Morgan fingerprint density at radius 3 is 2.69 bits per heavy atom. The molecule has 29 heavy (non-hydrogen) atoms. The van der Waals surface area contributed by atoms with Crippen molar-refractivity contribution in [3.63, 3.8) is 0 Å². The molecule has 3 unspecified atom stereocenters. The molecular formula is C23H32N4O2. The SMILES string of the molecule is CCNC(=NCc1ccccc1CN(C)Cc1ccco1)NC1CC2CCC1O2. The maximum absolute atomic E-state index is 5.97. The highest BCUT2D eigenvalue weighted by Crippen LogP contribution is 2.34. The maximum atomic E-state index is 5.97. The molecule has 156 valence electrons. The molecule has 6 heteroatoms. The lowest BCUT2D eigenvalue weighted by molar-refractivity contribution is 0.0992. The average Bonchev–Trinajstić information content (AvgIpc) is 3.46. The predicted molar refractivity (Wildman–Crippen MR) is 115 cm³/mol. The van der Waals surface area contributed by atoms with E-state index in [0.29, 0.717) is 24.8 Å². The second-order valence-electron chi connectivity index (χ2n) is 8.08. The van der Waals surface area contributed by atoms with E-state index in [1.54, 1.807) is 6.26 Å². The summed E-state index contributed by atoms with van der Waals surface area (Å²) in [5.41, 5.74) is 2.55. The molecule has 2 bridgehead atoms. The largest absolute Gasteiger partial charge is 0.468 e. The van der Waals surface area contributed by atoms with E-state index in [-0.39, 0.29) is 0 Å². The van der Waals surface area contributed by atoms with Crippen LogP contribution in [0.5, 0.6) is 0 Å². The number of fused-ring (bicyclic) bond motifs is 2. The van der Waals surface area contributed by atoms with Crippen molar-refractivity contribution in [1.82, 2.24) is 15.5 Å². The molecule has 1 aromatic carbocycles. The Morgan fingerprint density at radius 2 is 2.00 bits per heavy atom. The van der Waals surface area contributed by atoms with Crippen LogP contribution < -0.4 is 10.6 Å². The topological polar surface area (TPSA) is 62.0 Å². The Labute approximate surface area is 173 Å². The highest BCUT2D eigenvalue weighted by atomic mass is 16.5. The number of benzene rings is 1. The average molecular weight is 397 g/mol. The molecule has 4 rings (SSSR count). The Balaban J connectivity index is 1.39. The van der Waals surface area contributed by atoms with Gasteiger partial charge in [-0.25, -0.2) is 4.99 Å². The van der Waals surface area contributed by atoms with Gasteiger partial charge >= 0.3 is 0 Å². The van der Waals surface area contributed by atoms with Crippen molar-refractivity contribution in [3.8, 4) is 0 Å². The monoisotopic (exact) mass is 396 g/mol. The van der Waals surface area contributed by atoms with Crippen molar-refractivity contribution in [1.29, 1.82) is 0 Å². The molecule has 1 aromatic heterocycles. The number of nitrogens with zero attached hydrogens (tertiary/aromatic N) is 2. The third kappa shape index (κ3) is 5.19. The highest BCUT2D eigenvalue weighted by molar-refractivity contribution is 5.80. The van der Waals surface area contributed by atoms with Crippen LogP contribution in [0, 0.1) is 0 Å². The van der Waals surface area contributed by atoms with Crippen LogP contribution in [0.2, 0.25) is 0 Å². The number of ether oxygens (including phenoxy) is 1. The molecule has 2 N–H and O–H groups in total. The Kier molecular flexibility index (Phi) is 6.52. The molecule has 6 nitrogen and oxygen atoms in total. The van der Waals surface area contributed by atoms with Crippen molar-refractivity contribution in [2.45, 2.75) is 64.1 Å². The summed E-state index contributed by atoms with van der Waals surface area (Å²) in [7, 11) is 2.11. The fourth-order valence-electron chi connectivity index (χ4n) is 4.33. The van der Waals surface area contributed by atoms with Gasteiger partial charge in [-0.1, -0.05) is 24.3 Å². The molecule has 0 saturated carbocycles. The van der Waals surface area contributed by atoms with Crippen LogP contribution in [0.3, 0.4) is 0 Å². The first-order valence-electron chi connectivity index (χ1n) is 10.7. The fraction of sp³-hybridized carbons (Fsp3) is 0.522. The van der Waals surface area contributed by atoms with E-state index in [1.165, 1.54) is 17.5 Å². The minimum atomic E-state index is 0.339. The lowest BCUT2D eigenvalue weighted by Gasteiger charge is -2.23. The summed E-state index contributed by atoms with van der Waals surface area (Å²) in [6, 6.07) is 12.9. The zero-order valence-corrected chi connectivity index (χ0v) is 17.4. The van der Waals surface area contributed by atoms with E-state index in [4.69, 9.17) is 14.1 Å². The summed E-state index contributed by atoms with van der Waals surface area (Å²) in [6.07, 6.45) is 5.95. The molecule has 0 radical (unpaired) electrons. The van der Waals surface area contributed by atoms with Crippen molar-refractivity contribution in [3.05, 3.63) is 59.5 Å². The first-order chi connectivity index (χ1) is 14.2. The Morgan fingerprint density at radius 1 is 1.14 bits per heavy atom. The summed E-state index contributed by atoms with van der Waals surface area (Å²) in [4.78, 5) is 7.14. The second kappa shape index (κ2) is 9.46. The van der Waals surface area contributed by atoms with Gasteiger partial charge in [0, 0.05) is 13.1 Å². The minimum absolute atomic E-state index is 0.339. The number of furan rings is 1. The van der Waals surface area contributed by atoms with Crippen LogP contribution in [-0.4, -0.2) is 42.7 Å². The second-order valence-corrected chi connectivity index (χ2v) is 8.08. The van der Waals surface area contributed by atoms with Gasteiger partial charge in [0.2, 0.25) is 0 Å². The van der Waals surface area contributed by atoms with E-state index in [1.807, 2.05) is 12.1 Å². The molecule has 0 aliphatic carbocycles. The summed E-state index contributed by atoms with van der Waals surface area (Å²) < 4.78 is 11.4. The van der Waals surface area contributed by atoms with Gasteiger partial charge in [0.1, 0.15) is 5.76 Å². The van der Waals surface area contributed by atoms with Gasteiger partial charge < -0.3 is 19.8 Å². The molecule has 2 aliphatic rings. The van der Waals surface area contributed by atoms with Gasteiger partial charge in [-0.3, -0.25) is 4.90 Å². The molecule has 0 amide bonds. The van der Waals surface area contributed by atoms with Gasteiger partial charge in [-0.05, 0) is 56.5 Å². The normalized spacial score (nSPS) is 23.7. The predicted octanol–water partition coefficient (Wildman–Crippen LogP) is 3.29. The van der Waals surface area contributed by atoms with Crippen LogP contribution in [0.4, 0.5) is 0 Å². The number of aliphatic imine (C=N–C) groups is 1. The van der Waals surface area contributed by atoms with E-state index in [2.05, 4.69) is 53.8 Å². The van der Waals surface area contributed by atoms with Gasteiger partial charge in [-0.15, -0.1) is 0 Å². The third-order valence-electron chi connectivity index (χ3n) is 5.74. The molecular weight excluding hydrogens is 364 g/mol. The van der Waals surface area contributed by atoms with Gasteiger partial charge in [0.15, 0.2) is 5.96 Å². The fourth-order valence-corrected chi connectivity index (χ4v) is 4.33. The molecule has 2 fully saturated rings. The van der Waals surface area contributed by atoms with E-state index < -0.39 is 0 Å². The van der Waals surface area contributed by atoms with E-state index in [0.717, 1.165) is 44.2 Å². The Bertz CT molecular complexity index is 805.